The van der Waals surface area contributed by atoms with Crippen LogP contribution in [0.1, 0.15) is 36.2 Å². The number of rotatable bonds is 2. The van der Waals surface area contributed by atoms with Gasteiger partial charge in [-0.15, -0.1) is 0 Å². The highest BCUT2D eigenvalue weighted by atomic mass is 15.1. The van der Waals surface area contributed by atoms with E-state index >= 15 is 0 Å². The van der Waals surface area contributed by atoms with E-state index in [9.17, 15) is 0 Å². The summed E-state index contributed by atoms with van der Waals surface area (Å²) in [5.41, 5.74) is 4.10. The molecule has 1 saturated heterocycles. The lowest BCUT2D eigenvalue weighted by Crippen LogP contribution is -2.29. The number of nitrogens with one attached hydrogen (secondary N) is 1. The monoisotopic (exact) mass is 192 g/mol. The number of aryl methyl sites for hydroxylation is 2. The molecule has 1 fully saturated rings. The van der Waals surface area contributed by atoms with Crippen molar-refractivity contribution in [3.63, 3.8) is 0 Å². The molecule has 1 aliphatic rings. The van der Waals surface area contributed by atoms with Gasteiger partial charge in [-0.1, -0.05) is 6.42 Å². The molecular formula is C12H20N2. The maximum absolute atomic E-state index is 3.37. The molecule has 1 N–H and O–H groups in total. The molecule has 78 valence electrons. The lowest BCUT2D eigenvalue weighted by atomic mass is 10.1. The van der Waals surface area contributed by atoms with E-state index < -0.39 is 0 Å². The number of aromatic amines is 1. The minimum Gasteiger partial charge on any atom is -0.362 e. The Morgan fingerprint density at radius 3 is 2.50 bits per heavy atom. The third-order valence-electron chi connectivity index (χ3n) is 3.10. The van der Waals surface area contributed by atoms with Crippen molar-refractivity contribution >= 4 is 0 Å². The average Bonchev–Trinajstić information content (AvgIpc) is 2.47. The lowest BCUT2D eigenvalue weighted by Gasteiger charge is -2.26. The zero-order chi connectivity index (χ0) is 9.97. The van der Waals surface area contributed by atoms with Crippen LogP contribution in [0, 0.1) is 13.8 Å². The number of hydrogen-bond acceptors (Lipinski definition) is 1. The summed E-state index contributed by atoms with van der Waals surface area (Å²) in [5.74, 6) is 0. The number of aromatic nitrogens is 1. The van der Waals surface area contributed by atoms with E-state index in [4.69, 9.17) is 0 Å². The predicted octanol–water partition coefficient (Wildman–Crippen LogP) is 2.62. The van der Waals surface area contributed by atoms with Gasteiger partial charge in [-0.2, -0.15) is 0 Å². The van der Waals surface area contributed by atoms with Crippen LogP contribution in [0.2, 0.25) is 0 Å². The highest BCUT2D eigenvalue weighted by Crippen LogP contribution is 2.16. The number of likely N-dealkylation sites (tertiary alicyclic amines) is 1. The lowest BCUT2D eigenvalue weighted by molar-refractivity contribution is 0.220. The summed E-state index contributed by atoms with van der Waals surface area (Å²) in [7, 11) is 0. The van der Waals surface area contributed by atoms with Crippen LogP contribution in [0.5, 0.6) is 0 Å². The molecule has 0 radical (unpaired) electrons. The quantitative estimate of drug-likeness (QED) is 0.763. The van der Waals surface area contributed by atoms with Gasteiger partial charge in [0.05, 0.1) is 0 Å². The number of piperidine rings is 1. The van der Waals surface area contributed by atoms with E-state index in [1.807, 2.05) is 0 Å². The Hall–Kier alpha value is -0.760. The minimum atomic E-state index is 1.14. The van der Waals surface area contributed by atoms with Crippen LogP contribution >= 0.6 is 0 Å². The molecule has 2 nitrogen and oxygen atoms in total. The topological polar surface area (TPSA) is 19.0 Å². The van der Waals surface area contributed by atoms with Gasteiger partial charge in [0.2, 0.25) is 0 Å². The second kappa shape index (κ2) is 4.18. The molecule has 0 aliphatic carbocycles. The molecule has 0 atom stereocenters. The summed E-state index contributed by atoms with van der Waals surface area (Å²) < 4.78 is 0. The SMILES string of the molecule is Cc1cc(CN2CCCCC2)c(C)[nH]1. The van der Waals surface area contributed by atoms with Gasteiger partial charge in [0.25, 0.3) is 0 Å². The Labute approximate surface area is 86.3 Å². The van der Waals surface area contributed by atoms with Crippen LogP contribution in [0.15, 0.2) is 6.07 Å². The van der Waals surface area contributed by atoms with Gasteiger partial charge >= 0.3 is 0 Å². The van der Waals surface area contributed by atoms with Gasteiger partial charge in [-0.3, -0.25) is 4.90 Å². The normalized spacial score (nSPS) is 18.7. The highest BCUT2D eigenvalue weighted by molar-refractivity contribution is 5.24. The smallest absolute Gasteiger partial charge is 0.0251 e. The zero-order valence-electron chi connectivity index (χ0n) is 9.27. The Morgan fingerprint density at radius 1 is 1.21 bits per heavy atom. The second-order valence-corrected chi connectivity index (χ2v) is 4.44. The van der Waals surface area contributed by atoms with E-state index in [1.54, 1.807) is 0 Å². The molecule has 1 aromatic heterocycles. The van der Waals surface area contributed by atoms with Crippen LogP contribution in [0.4, 0.5) is 0 Å². The molecule has 0 unspecified atom stereocenters. The molecule has 0 saturated carbocycles. The first-order valence-electron chi connectivity index (χ1n) is 5.63. The first-order chi connectivity index (χ1) is 6.75. The van der Waals surface area contributed by atoms with Crippen LogP contribution in [0.3, 0.4) is 0 Å². The van der Waals surface area contributed by atoms with Crippen LogP contribution in [0.25, 0.3) is 0 Å². The van der Waals surface area contributed by atoms with Crippen molar-refractivity contribution in [2.45, 2.75) is 39.7 Å². The van der Waals surface area contributed by atoms with E-state index in [1.165, 1.54) is 49.3 Å². The minimum absolute atomic E-state index is 1.14. The van der Waals surface area contributed by atoms with E-state index in [0.29, 0.717) is 0 Å². The molecule has 0 bridgehead atoms. The summed E-state index contributed by atoms with van der Waals surface area (Å²) in [6, 6.07) is 2.28. The van der Waals surface area contributed by atoms with Crippen LogP contribution < -0.4 is 0 Å². The molecule has 0 amide bonds. The van der Waals surface area contributed by atoms with Crippen molar-refractivity contribution in [3.8, 4) is 0 Å². The number of nitrogens with zero attached hydrogens (tertiary/aromatic N) is 1. The third-order valence-corrected chi connectivity index (χ3v) is 3.10. The fourth-order valence-electron chi connectivity index (χ4n) is 2.30. The van der Waals surface area contributed by atoms with Crippen molar-refractivity contribution in [3.05, 3.63) is 23.0 Å². The zero-order valence-corrected chi connectivity index (χ0v) is 9.27. The van der Waals surface area contributed by atoms with Gasteiger partial charge in [0.15, 0.2) is 0 Å². The van der Waals surface area contributed by atoms with Crippen molar-refractivity contribution in [2.24, 2.45) is 0 Å². The summed E-state index contributed by atoms with van der Waals surface area (Å²) in [4.78, 5) is 5.94. The summed E-state index contributed by atoms with van der Waals surface area (Å²) in [5, 5.41) is 0. The maximum atomic E-state index is 3.37. The van der Waals surface area contributed by atoms with Crippen LogP contribution in [-0.4, -0.2) is 23.0 Å². The van der Waals surface area contributed by atoms with Crippen molar-refractivity contribution in [1.29, 1.82) is 0 Å². The molecule has 2 rings (SSSR count). The standard InChI is InChI=1S/C12H20N2/c1-10-8-12(11(2)13-10)9-14-6-4-3-5-7-14/h8,13H,3-7,9H2,1-2H3. The summed E-state index contributed by atoms with van der Waals surface area (Å²) >= 11 is 0. The fourth-order valence-corrected chi connectivity index (χ4v) is 2.30. The third kappa shape index (κ3) is 2.18. The van der Waals surface area contributed by atoms with Crippen LogP contribution in [-0.2, 0) is 6.54 Å². The predicted molar refractivity (Wildman–Crippen MR) is 59.4 cm³/mol. The largest absolute Gasteiger partial charge is 0.362 e. The Kier molecular flexibility index (Phi) is 2.92. The van der Waals surface area contributed by atoms with E-state index in [2.05, 4.69) is 29.8 Å². The number of hydrogen-bond donors (Lipinski definition) is 1. The molecular weight excluding hydrogens is 172 g/mol. The average molecular weight is 192 g/mol. The Balaban J connectivity index is 1.98. The van der Waals surface area contributed by atoms with Crippen molar-refractivity contribution < 1.29 is 0 Å². The van der Waals surface area contributed by atoms with E-state index in [-0.39, 0.29) is 0 Å². The highest BCUT2D eigenvalue weighted by Gasteiger charge is 2.12. The van der Waals surface area contributed by atoms with Gasteiger partial charge in [0, 0.05) is 17.9 Å². The van der Waals surface area contributed by atoms with Gasteiger partial charge in [0.1, 0.15) is 0 Å². The Morgan fingerprint density at radius 2 is 1.93 bits per heavy atom. The summed E-state index contributed by atoms with van der Waals surface area (Å²) in [6.45, 7) is 8.00. The molecule has 0 aromatic carbocycles. The Bertz CT molecular complexity index is 295. The van der Waals surface area contributed by atoms with Gasteiger partial charge in [-0.25, -0.2) is 0 Å². The van der Waals surface area contributed by atoms with Gasteiger partial charge in [-0.05, 0) is 51.4 Å². The van der Waals surface area contributed by atoms with Crippen molar-refractivity contribution in [1.82, 2.24) is 9.88 Å². The molecule has 1 aliphatic heterocycles. The second-order valence-electron chi connectivity index (χ2n) is 4.44. The molecule has 2 heteroatoms. The first-order valence-corrected chi connectivity index (χ1v) is 5.63. The maximum Gasteiger partial charge on any atom is 0.0251 e. The van der Waals surface area contributed by atoms with E-state index in [0.717, 1.165) is 6.54 Å². The molecule has 14 heavy (non-hydrogen) atoms. The first kappa shape index (κ1) is 9.78. The summed E-state index contributed by atoms with van der Waals surface area (Å²) in [6.07, 6.45) is 4.17. The van der Waals surface area contributed by atoms with Crippen molar-refractivity contribution in [2.75, 3.05) is 13.1 Å². The number of H-pyrrole nitrogens is 1. The van der Waals surface area contributed by atoms with Gasteiger partial charge < -0.3 is 4.98 Å². The fraction of sp³-hybridized carbons (Fsp3) is 0.667. The molecule has 2 heterocycles. The molecule has 0 spiro atoms. The molecule has 1 aromatic rings.